The van der Waals surface area contributed by atoms with Gasteiger partial charge < -0.3 is 10.2 Å². The molecule has 4 rings (SSSR count). The summed E-state index contributed by atoms with van der Waals surface area (Å²) in [5.74, 6) is -1.59. The molecule has 1 heterocycles. The minimum absolute atomic E-state index is 0.0233. The number of aromatic hydroxyl groups is 1. The van der Waals surface area contributed by atoms with Gasteiger partial charge in [0, 0.05) is 11.3 Å². The number of nitrogens with zero attached hydrogens (tertiary/aromatic N) is 1. The minimum atomic E-state index is -0.812. The van der Waals surface area contributed by atoms with Crippen molar-refractivity contribution in [3.8, 4) is 5.75 Å². The fourth-order valence-corrected chi connectivity index (χ4v) is 3.70. The van der Waals surface area contributed by atoms with Gasteiger partial charge in [0.25, 0.3) is 11.7 Å². The summed E-state index contributed by atoms with van der Waals surface area (Å²) >= 11 is 0. The Labute approximate surface area is 174 Å². The molecule has 2 N–H and O–H groups in total. The van der Waals surface area contributed by atoms with E-state index in [1.54, 1.807) is 42.5 Å². The van der Waals surface area contributed by atoms with Gasteiger partial charge in [-0.05, 0) is 54.8 Å². The van der Waals surface area contributed by atoms with Crippen molar-refractivity contribution in [3.63, 3.8) is 0 Å². The van der Waals surface area contributed by atoms with Crippen molar-refractivity contribution in [1.82, 2.24) is 0 Å². The third-order valence-corrected chi connectivity index (χ3v) is 5.47. The molecule has 1 aliphatic heterocycles. The first-order valence-electron chi connectivity index (χ1n) is 9.61. The average Bonchev–Trinajstić information content (AvgIpc) is 3.01. The summed E-state index contributed by atoms with van der Waals surface area (Å²) in [6, 6.07) is 19.7. The second-order valence-corrected chi connectivity index (χ2v) is 7.40. The summed E-state index contributed by atoms with van der Waals surface area (Å²) in [6.07, 6.45) is 0. The van der Waals surface area contributed by atoms with Gasteiger partial charge in [0.1, 0.15) is 11.5 Å². The molecule has 5 heteroatoms. The summed E-state index contributed by atoms with van der Waals surface area (Å²) in [4.78, 5) is 27.5. The van der Waals surface area contributed by atoms with Crippen LogP contribution in [0.5, 0.6) is 5.75 Å². The zero-order valence-corrected chi connectivity index (χ0v) is 16.7. The lowest BCUT2D eigenvalue weighted by Crippen LogP contribution is -2.29. The lowest BCUT2D eigenvalue weighted by molar-refractivity contribution is -0.132. The number of anilines is 1. The van der Waals surface area contributed by atoms with Crippen LogP contribution in [-0.4, -0.2) is 21.9 Å². The number of amides is 1. The summed E-state index contributed by atoms with van der Waals surface area (Å²) in [6.45, 7) is 3.91. The largest absolute Gasteiger partial charge is 0.508 e. The van der Waals surface area contributed by atoms with Gasteiger partial charge in [-0.2, -0.15) is 0 Å². The SMILES string of the molecule is Cc1ccc(N2C(=O)C(=O)/C(=C(/O)c3ccccc3)C2c2ccc(O)cc2)cc1C. The molecule has 1 amide bonds. The average molecular weight is 399 g/mol. The number of aliphatic hydroxyl groups is 1. The van der Waals surface area contributed by atoms with Crippen LogP contribution in [0.25, 0.3) is 5.76 Å². The molecule has 1 unspecified atom stereocenters. The summed E-state index contributed by atoms with van der Waals surface area (Å²) in [5, 5.41) is 20.7. The van der Waals surface area contributed by atoms with Crippen molar-refractivity contribution >= 4 is 23.1 Å². The first kappa shape index (κ1) is 19.5. The third kappa shape index (κ3) is 3.24. The first-order valence-corrected chi connectivity index (χ1v) is 9.61. The predicted molar refractivity (Wildman–Crippen MR) is 115 cm³/mol. The lowest BCUT2D eigenvalue weighted by atomic mass is 9.95. The zero-order chi connectivity index (χ0) is 21.4. The number of hydrogen-bond donors (Lipinski definition) is 2. The number of carbonyl (C=O) groups excluding carboxylic acids is 2. The second kappa shape index (κ2) is 7.52. The number of aryl methyl sites for hydroxylation is 2. The van der Waals surface area contributed by atoms with E-state index >= 15 is 0 Å². The molecule has 0 aromatic heterocycles. The van der Waals surface area contributed by atoms with E-state index in [2.05, 4.69) is 0 Å². The van der Waals surface area contributed by atoms with Gasteiger partial charge in [-0.15, -0.1) is 0 Å². The van der Waals surface area contributed by atoms with E-state index in [-0.39, 0.29) is 17.1 Å². The van der Waals surface area contributed by atoms with Gasteiger partial charge >= 0.3 is 0 Å². The summed E-state index contributed by atoms with van der Waals surface area (Å²) in [7, 11) is 0. The molecule has 1 saturated heterocycles. The number of aliphatic hydroxyl groups excluding tert-OH is 1. The van der Waals surface area contributed by atoms with Gasteiger partial charge in [0.05, 0.1) is 11.6 Å². The topological polar surface area (TPSA) is 77.8 Å². The van der Waals surface area contributed by atoms with Crippen molar-refractivity contribution < 1.29 is 19.8 Å². The fraction of sp³-hybridized carbons (Fsp3) is 0.120. The maximum atomic E-state index is 13.1. The van der Waals surface area contributed by atoms with Crippen LogP contribution in [0.4, 0.5) is 5.69 Å². The molecule has 30 heavy (non-hydrogen) atoms. The Hall–Kier alpha value is -3.86. The van der Waals surface area contributed by atoms with Crippen LogP contribution >= 0.6 is 0 Å². The van der Waals surface area contributed by atoms with E-state index in [0.717, 1.165) is 11.1 Å². The minimum Gasteiger partial charge on any atom is -0.508 e. The molecule has 3 aromatic rings. The maximum Gasteiger partial charge on any atom is 0.300 e. The first-order chi connectivity index (χ1) is 14.4. The van der Waals surface area contributed by atoms with Crippen molar-refractivity contribution in [3.05, 3.63) is 101 Å². The number of benzene rings is 3. The Morgan fingerprint density at radius 2 is 1.53 bits per heavy atom. The van der Waals surface area contributed by atoms with Crippen LogP contribution in [0.2, 0.25) is 0 Å². The van der Waals surface area contributed by atoms with Crippen molar-refractivity contribution in [1.29, 1.82) is 0 Å². The molecular weight excluding hydrogens is 378 g/mol. The van der Waals surface area contributed by atoms with Gasteiger partial charge in [-0.1, -0.05) is 48.5 Å². The smallest absolute Gasteiger partial charge is 0.300 e. The number of carbonyl (C=O) groups is 2. The molecule has 1 aliphatic rings. The molecule has 0 radical (unpaired) electrons. The number of ketones is 1. The molecule has 0 bridgehead atoms. The number of phenols is 1. The number of hydrogen-bond acceptors (Lipinski definition) is 4. The van der Waals surface area contributed by atoms with Crippen LogP contribution in [0, 0.1) is 13.8 Å². The highest BCUT2D eigenvalue weighted by molar-refractivity contribution is 6.51. The highest BCUT2D eigenvalue weighted by atomic mass is 16.3. The Kier molecular flexibility index (Phi) is 4.88. The van der Waals surface area contributed by atoms with Crippen molar-refractivity contribution in [2.45, 2.75) is 19.9 Å². The molecule has 5 nitrogen and oxygen atoms in total. The molecule has 150 valence electrons. The zero-order valence-electron chi connectivity index (χ0n) is 16.7. The van der Waals surface area contributed by atoms with Crippen LogP contribution in [0.3, 0.4) is 0 Å². The van der Waals surface area contributed by atoms with Gasteiger partial charge in [0.15, 0.2) is 0 Å². The van der Waals surface area contributed by atoms with Crippen molar-refractivity contribution in [2.75, 3.05) is 4.90 Å². The Morgan fingerprint density at radius 3 is 2.17 bits per heavy atom. The van der Waals surface area contributed by atoms with E-state index in [1.807, 2.05) is 32.0 Å². The Balaban J connectivity index is 1.95. The van der Waals surface area contributed by atoms with Crippen molar-refractivity contribution in [2.24, 2.45) is 0 Å². The van der Waals surface area contributed by atoms with E-state index < -0.39 is 17.7 Å². The Morgan fingerprint density at radius 1 is 0.867 bits per heavy atom. The third-order valence-electron chi connectivity index (χ3n) is 5.47. The van der Waals surface area contributed by atoms with E-state index in [0.29, 0.717) is 16.8 Å². The number of phenolic OH excluding ortho intramolecular Hbond substituents is 1. The molecule has 0 saturated carbocycles. The number of Topliss-reactive ketones (excluding diaryl/α,β-unsaturated/α-hetero) is 1. The quantitative estimate of drug-likeness (QED) is 0.382. The normalized spacial score (nSPS) is 18.1. The number of rotatable bonds is 3. The van der Waals surface area contributed by atoms with E-state index in [9.17, 15) is 19.8 Å². The maximum absolute atomic E-state index is 13.1. The molecule has 1 atom stereocenters. The van der Waals surface area contributed by atoms with Gasteiger partial charge in [-0.25, -0.2) is 0 Å². The standard InChI is InChI=1S/C25H21NO4/c1-15-8-11-19(14-16(15)2)26-22(17-9-12-20(27)13-10-17)21(24(29)25(26)30)23(28)18-6-4-3-5-7-18/h3-14,22,27-28H,1-2H3/b23-21+. The monoisotopic (exact) mass is 399 g/mol. The molecule has 0 aliphatic carbocycles. The van der Waals surface area contributed by atoms with Crippen LogP contribution in [0.15, 0.2) is 78.4 Å². The van der Waals surface area contributed by atoms with Crippen LogP contribution in [-0.2, 0) is 9.59 Å². The lowest BCUT2D eigenvalue weighted by Gasteiger charge is -2.26. The van der Waals surface area contributed by atoms with Crippen LogP contribution in [0.1, 0.15) is 28.3 Å². The van der Waals surface area contributed by atoms with Crippen LogP contribution < -0.4 is 4.90 Å². The van der Waals surface area contributed by atoms with E-state index in [4.69, 9.17) is 0 Å². The molecule has 0 spiro atoms. The predicted octanol–water partition coefficient (Wildman–Crippen LogP) is 4.64. The molecular formula is C25H21NO4. The molecule has 3 aromatic carbocycles. The van der Waals surface area contributed by atoms with Gasteiger partial charge in [-0.3, -0.25) is 14.5 Å². The summed E-state index contributed by atoms with van der Waals surface area (Å²) < 4.78 is 0. The fourth-order valence-electron chi connectivity index (χ4n) is 3.70. The molecule has 1 fully saturated rings. The summed E-state index contributed by atoms with van der Waals surface area (Å²) in [5.41, 5.74) is 3.73. The highest BCUT2D eigenvalue weighted by Crippen LogP contribution is 2.42. The Bertz CT molecular complexity index is 1160. The van der Waals surface area contributed by atoms with Gasteiger partial charge in [0.2, 0.25) is 0 Å². The highest BCUT2D eigenvalue weighted by Gasteiger charge is 2.47. The second-order valence-electron chi connectivity index (χ2n) is 7.40. The van der Waals surface area contributed by atoms with E-state index in [1.165, 1.54) is 17.0 Å².